The molecular weight excluding hydrogens is 254 g/mol. The topological polar surface area (TPSA) is 44.8 Å². The largest absolute Gasteiger partial charge is 0.468 e. The molecule has 0 spiro atoms. The Kier molecular flexibility index (Phi) is 8.11. The van der Waals surface area contributed by atoms with E-state index >= 15 is 0 Å². The van der Waals surface area contributed by atoms with Crippen molar-refractivity contribution in [3.63, 3.8) is 0 Å². The van der Waals surface area contributed by atoms with Crippen LogP contribution in [0.2, 0.25) is 0 Å². The van der Waals surface area contributed by atoms with Crippen molar-refractivity contribution in [1.82, 2.24) is 15.1 Å². The zero-order valence-corrected chi connectivity index (χ0v) is 13.5. The van der Waals surface area contributed by atoms with E-state index in [-0.39, 0.29) is 12.0 Å². The van der Waals surface area contributed by atoms with Crippen LogP contribution >= 0.6 is 0 Å². The highest BCUT2D eigenvalue weighted by molar-refractivity contribution is 5.75. The molecule has 20 heavy (non-hydrogen) atoms. The molecular formula is C15H31N3O2. The predicted molar refractivity (Wildman–Crippen MR) is 81.8 cm³/mol. The Morgan fingerprint density at radius 3 is 2.15 bits per heavy atom. The van der Waals surface area contributed by atoms with Gasteiger partial charge in [0, 0.05) is 39.3 Å². The van der Waals surface area contributed by atoms with E-state index in [0.717, 1.165) is 51.6 Å². The fourth-order valence-electron chi connectivity index (χ4n) is 2.61. The Labute approximate surface area is 123 Å². The average Bonchev–Trinajstić information content (AvgIpc) is 2.43. The summed E-state index contributed by atoms with van der Waals surface area (Å²) in [6, 6.07) is -0.198. The van der Waals surface area contributed by atoms with Crippen LogP contribution in [0.4, 0.5) is 0 Å². The molecule has 0 saturated carbocycles. The highest BCUT2D eigenvalue weighted by Gasteiger charge is 2.24. The lowest BCUT2D eigenvalue weighted by molar-refractivity contribution is -0.143. The first kappa shape index (κ1) is 17.4. The van der Waals surface area contributed by atoms with E-state index in [9.17, 15) is 4.79 Å². The highest BCUT2D eigenvalue weighted by Crippen LogP contribution is 2.06. The van der Waals surface area contributed by atoms with Gasteiger partial charge < -0.3 is 15.0 Å². The zero-order chi connectivity index (χ0) is 15.0. The van der Waals surface area contributed by atoms with Gasteiger partial charge in [0.1, 0.15) is 6.04 Å². The van der Waals surface area contributed by atoms with Gasteiger partial charge in [0.15, 0.2) is 0 Å². The van der Waals surface area contributed by atoms with Crippen LogP contribution < -0.4 is 5.32 Å². The maximum absolute atomic E-state index is 11.8. The van der Waals surface area contributed by atoms with Crippen molar-refractivity contribution in [2.24, 2.45) is 5.92 Å². The van der Waals surface area contributed by atoms with Crippen LogP contribution in [-0.4, -0.2) is 74.7 Å². The number of hydrogen-bond donors (Lipinski definition) is 1. The third-order valence-corrected chi connectivity index (χ3v) is 3.66. The molecule has 1 N–H and O–H groups in total. The van der Waals surface area contributed by atoms with Crippen LogP contribution in [0, 0.1) is 5.92 Å². The van der Waals surface area contributed by atoms with Crippen molar-refractivity contribution in [1.29, 1.82) is 0 Å². The first-order valence-corrected chi connectivity index (χ1v) is 7.82. The second-order valence-corrected chi connectivity index (χ2v) is 6.02. The van der Waals surface area contributed by atoms with E-state index < -0.39 is 0 Å². The number of ether oxygens (including phenoxy) is 1. The van der Waals surface area contributed by atoms with Gasteiger partial charge in [0.2, 0.25) is 0 Å². The molecule has 5 nitrogen and oxygen atoms in total. The molecule has 1 aliphatic rings. The van der Waals surface area contributed by atoms with Crippen molar-refractivity contribution in [3.8, 4) is 0 Å². The summed E-state index contributed by atoms with van der Waals surface area (Å²) < 4.78 is 4.89. The third kappa shape index (κ3) is 6.20. The van der Waals surface area contributed by atoms with Crippen LogP contribution in [0.15, 0.2) is 0 Å². The van der Waals surface area contributed by atoms with Crippen LogP contribution in [0.25, 0.3) is 0 Å². The molecule has 0 aromatic carbocycles. The van der Waals surface area contributed by atoms with Gasteiger partial charge in [-0.15, -0.1) is 0 Å². The summed E-state index contributed by atoms with van der Waals surface area (Å²) in [7, 11) is 1.46. The normalized spacial score (nSPS) is 19.2. The molecule has 1 rings (SSSR count). The van der Waals surface area contributed by atoms with Gasteiger partial charge >= 0.3 is 5.97 Å². The van der Waals surface area contributed by atoms with Crippen LogP contribution in [0.1, 0.15) is 27.2 Å². The van der Waals surface area contributed by atoms with Gasteiger partial charge in [-0.25, -0.2) is 0 Å². The Morgan fingerprint density at radius 2 is 1.70 bits per heavy atom. The maximum atomic E-state index is 11.8. The number of piperazine rings is 1. The van der Waals surface area contributed by atoms with Crippen LogP contribution in [-0.2, 0) is 9.53 Å². The Morgan fingerprint density at radius 1 is 1.15 bits per heavy atom. The zero-order valence-electron chi connectivity index (χ0n) is 13.5. The summed E-state index contributed by atoms with van der Waals surface area (Å²) in [6.07, 6.45) is 1.02. The summed E-state index contributed by atoms with van der Waals surface area (Å²) in [4.78, 5) is 16.6. The molecule has 0 bridgehead atoms. The van der Waals surface area contributed by atoms with Crippen molar-refractivity contribution < 1.29 is 9.53 Å². The van der Waals surface area contributed by atoms with E-state index in [1.807, 2.05) is 0 Å². The number of nitrogens with one attached hydrogen (secondary N) is 1. The summed E-state index contributed by atoms with van der Waals surface area (Å²) in [5, 5.41) is 3.28. The van der Waals surface area contributed by atoms with Crippen LogP contribution in [0.5, 0.6) is 0 Å². The number of hydrogen-bond acceptors (Lipinski definition) is 5. The summed E-state index contributed by atoms with van der Waals surface area (Å²) in [5.74, 6) is 0.568. The van der Waals surface area contributed by atoms with Gasteiger partial charge in [-0.05, 0) is 18.9 Å². The summed E-state index contributed by atoms with van der Waals surface area (Å²) in [5.41, 5.74) is 0. The van der Waals surface area contributed by atoms with E-state index in [1.54, 1.807) is 0 Å². The minimum Gasteiger partial charge on any atom is -0.468 e. The molecule has 1 aliphatic heterocycles. The molecule has 0 aromatic heterocycles. The lowest BCUT2D eigenvalue weighted by atomic mass is 10.2. The fourth-order valence-corrected chi connectivity index (χ4v) is 2.61. The number of carbonyl (C=O) groups excluding carboxylic acids is 1. The van der Waals surface area contributed by atoms with Crippen molar-refractivity contribution in [2.45, 2.75) is 33.2 Å². The predicted octanol–water partition coefficient (Wildman–Crippen LogP) is 0.801. The number of carbonyl (C=O) groups is 1. The average molecular weight is 285 g/mol. The second-order valence-electron chi connectivity index (χ2n) is 6.02. The minimum atomic E-state index is -0.198. The molecule has 0 radical (unpaired) electrons. The lowest BCUT2D eigenvalue weighted by Crippen LogP contribution is -2.53. The quantitative estimate of drug-likeness (QED) is 0.668. The maximum Gasteiger partial charge on any atom is 0.324 e. The SMILES string of the molecule is CCCNC(CN1CCN(CC(C)C)CC1)C(=O)OC. The van der Waals surface area contributed by atoms with E-state index in [1.165, 1.54) is 13.7 Å². The standard InChI is InChI=1S/C15H31N3O2/c1-5-6-16-14(15(19)20-4)12-18-9-7-17(8-10-18)11-13(2)3/h13-14,16H,5-12H2,1-4H3. The molecule has 1 atom stereocenters. The molecule has 118 valence electrons. The molecule has 1 saturated heterocycles. The summed E-state index contributed by atoms with van der Waals surface area (Å²) >= 11 is 0. The molecule has 0 aliphatic carbocycles. The molecule has 1 fully saturated rings. The fraction of sp³-hybridized carbons (Fsp3) is 0.933. The van der Waals surface area contributed by atoms with E-state index in [0.29, 0.717) is 0 Å². The second kappa shape index (κ2) is 9.32. The smallest absolute Gasteiger partial charge is 0.324 e. The van der Waals surface area contributed by atoms with Gasteiger partial charge in [-0.1, -0.05) is 20.8 Å². The van der Waals surface area contributed by atoms with Gasteiger partial charge in [0.05, 0.1) is 7.11 Å². The minimum absolute atomic E-state index is 0.150. The highest BCUT2D eigenvalue weighted by atomic mass is 16.5. The first-order valence-electron chi connectivity index (χ1n) is 7.82. The number of rotatable bonds is 8. The molecule has 1 heterocycles. The Hall–Kier alpha value is -0.650. The van der Waals surface area contributed by atoms with Gasteiger partial charge in [0.25, 0.3) is 0 Å². The lowest BCUT2D eigenvalue weighted by Gasteiger charge is -2.36. The van der Waals surface area contributed by atoms with Gasteiger partial charge in [-0.2, -0.15) is 0 Å². The Balaban J connectivity index is 2.36. The first-order chi connectivity index (χ1) is 9.56. The van der Waals surface area contributed by atoms with Crippen LogP contribution in [0.3, 0.4) is 0 Å². The van der Waals surface area contributed by atoms with E-state index in [4.69, 9.17) is 4.74 Å². The third-order valence-electron chi connectivity index (χ3n) is 3.66. The molecule has 0 amide bonds. The molecule has 5 heteroatoms. The van der Waals surface area contributed by atoms with Crippen molar-refractivity contribution in [3.05, 3.63) is 0 Å². The van der Waals surface area contributed by atoms with Gasteiger partial charge in [-0.3, -0.25) is 9.69 Å². The molecule has 0 aromatic rings. The number of nitrogens with zero attached hydrogens (tertiary/aromatic N) is 2. The number of esters is 1. The number of methoxy groups -OCH3 is 1. The van der Waals surface area contributed by atoms with Crippen molar-refractivity contribution in [2.75, 3.05) is 52.9 Å². The summed E-state index contributed by atoms with van der Waals surface area (Å²) in [6.45, 7) is 13.7. The van der Waals surface area contributed by atoms with E-state index in [2.05, 4.69) is 35.9 Å². The van der Waals surface area contributed by atoms with Crippen molar-refractivity contribution >= 4 is 5.97 Å². The molecule has 1 unspecified atom stereocenters. The monoisotopic (exact) mass is 285 g/mol. The Bertz CT molecular complexity index is 276.